The molecular formula is C27H30ClN3O2. The number of amides is 2. The Morgan fingerprint density at radius 2 is 1.61 bits per heavy atom. The van der Waals surface area contributed by atoms with Crippen LogP contribution in [0.2, 0.25) is 0 Å². The molecule has 0 bridgehead atoms. The molecule has 172 valence electrons. The van der Waals surface area contributed by atoms with Crippen LogP contribution in [0.1, 0.15) is 50.7 Å². The molecule has 1 aliphatic rings. The van der Waals surface area contributed by atoms with E-state index in [4.69, 9.17) is 0 Å². The molecule has 0 saturated heterocycles. The summed E-state index contributed by atoms with van der Waals surface area (Å²) in [5.41, 5.74) is 5.00. The van der Waals surface area contributed by atoms with Gasteiger partial charge in [-0.25, -0.2) is 0 Å². The van der Waals surface area contributed by atoms with E-state index in [9.17, 15) is 9.59 Å². The highest BCUT2D eigenvalue weighted by Crippen LogP contribution is 2.36. The van der Waals surface area contributed by atoms with Gasteiger partial charge in [-0.05, 0) is 81.4 Å². The zero-order valence-electron chi connectivity index (χ0n) is 19.2. The number of hydrogen-bond acceptors (Lipinski definition) is 3. The standard InChI is InChI=1S/C27H29N3O2.ClH/c1-19-9-4-5-10-22(19)26(31)28-21-16-14-20(15-17-21)27(32)30-18-8-13-24(29(2)3)23-11-6-7-12-25(23)30;/h4-7,9-12,14-17,24H,8,13,18H2,1-3H3,(H,28,31);1H/t24-;/m0./s1. The number of aryl methyl sites for hydroxylation is 1. The second kappa shape index (κ2) is 10.6. The highest BCUT2D eigenvalue weighted by molar-refractivity contribution is 6.08. The summed E-state index contributed by atoms with van der Waals surface area (Å²) in [6.07, 6.45) is 1.95. The molecule has 1 atom stereocenters. The normalized spacial score (nSPS) is 15.3. The number of nitrogens with one attached hydrogen (secondary N) is 1. The molecule has 3 aromatic carbocycles. The molecule has 0 saturated carbocycles. The van der Waals surface area contributed by atoms with Crippen molar-refractivity contribution in [2.24, 2.45) is 0 Å². The van der Waals surface area contributed by atoms with Crippen molar-refractivity contribution in [1.82, 2.24) is 4.90 Å². The lowest BCUT2D eigenvalue weighted by molar-refractivity contribution is 0.0985. The number of carbonyl (C=O) groups is 2. The summed E-state index contributed by atoms with van der Waals surface area (Å²) >= 11 is 0. The molecule has 1 N–H and O–H groups in total. The van der Waals surface area contributed by atoms with Crippen LogP contribution in [0.15, 0.2) is 72.8 Å². The van der Waals surface area contributed by atoms with Crippen molar-refractivity contribution < 1.29 is 9.59 Å². The first kappa shape index (κ1) is 24.5. The first-order valence-electron chi connectivity index (χ1n) is 11.0. The summed E-state index contributed by atoms with van der Waals surface area (Å²) in [6.45, 7) is 2.60. The van der Waals surface area contributed by atoms with Gasteiger partial charge in [-0.2, -0.15) is 0 Å². The van der Waals surface area contributed by atoms with E-state index < -0.39 is 0 Å². The molecule has 4 rings (SSSR count). The molecule has 0 aliphatic carbocycles. The minimum absolute atomic E-state index is 0. The fourth-order valence-corrected chi connectivity index (χ4v) is 4.36. The third-order valence-electron chi connectivity index (χ3n) is 6.09. The fraction of sp³-hybridized carbons (Fsp3) is 0.259. The number of para-hydroxylation sites is 1. The van der Waals surface area contributed by atoms with E-state index >= 15 is 0 Å². The minimum atomic E-state index is -0.154. The van der Waals surface area contributed by atoms with Gasteiger partial charge in [-0.1, -0.05) is 36.4 Å². The van der Waals surface area contributed by atoms with Crippen molar-refractivity contribution in [1.29, 1.82) is 0 Å². The van der Waals surface area contributed by atoms with Crippen LogP contribution in [0, 0.1) is 6.92 Å². The van der Waals surface area contributed by atoms with Crippen LogP contribution in [-0.4, -0.2) is 37.4 Å². The van der Waals surface area contributed by atoms with Gasteiger partial charge in [0.2, 0.25) is 0 Å². The summed E-state index contributed by atoms with van der Waals surface area (Å²) in [7, 11) is 4.17. The van der Waals surface area contributed by atoms with E-state index in [0.717, 1.165) is 24.1 Å². The second-order valence-electron chi connectivity index (χ2n) is 8.48. The van der Waals surface area contributed by atoms with Crippen LogP contribution in [0.3, 0.4) is 0 Å². The Hall–Kier alpha value is -3.15. The maximum atomic E-state index is 13.4. The zero-order valence-corrected chi connectivity index (χ0v) is 20.1. The smallest absolute Gasteiger partial charge is 0.258 e. The van der Waals surface area contributed by atoms with Crippen LogP contribution in [-0.2, 0) is 0 Å². The quantitative estimate of drug-likeness (QED) is 0.539. The van der Waals surface area contributed by atoms with Gasteiger partial charge in [-0.15, -0.1) is 12.4 Å². The molecule has 0 spiro atoms. The van der Waals surface area contributed by atoms with Crippen molar-refractivity contribution in [2.45, 2.75) is 25.8 Å². The lowest BCUT2D eigenvalue weighted by Gasteiger charge is -2.27. The molecule has 3 aromatic rings. The Morgan fingerprint density at radius 3 is 2.30 bits per heavy atom. The van der Waals surface area contributed by atoms with Gasteiger partial charge in [-0.3, -0.25) is 9.59 Å². The van der Waals surface area contributed by atoms with Gasteiger partial charge in [0.1, 0.15) is 0 Å². The largest absolute Gasteiger partial charge is 0.322 e. The van der Waals surface area contributed by atoms with Crippen molar-refractivity contribution >= 4 is 35.6 Å². The van der Waals surface area contributed by atoms with E-state index in [1.165, 1.54) is 5.56 Å². The monoisotopic (exact) mass is 463 g/mol. The molecule has 5 nitrogen and oxygen atoms in total. The summed E-state index contributed by atoms with van der Waals surface area (Å²) in [4.78, 5) is 30.1. The number of hydrogen-bond donors (Lipinski definition) is 1. The molecule has 0 radical (unpaired) electrons. The van der Waals surface area contributed by atoms with Crippen molar-refractivity contribution in [3.05, 3.63) is 95.1 Å². The number of benzene rings is 3. The molecule has 1 aliphatic heterocycles. The van der Waals surface area contributed by atoms with E-state index in [1.807, 2.05) is 48.2 Å². The Balaban J connectivity index is 0.00000306. The van der Waals surface area contributed by atoms with E-state index in [-0.39, 0.29) is 24.2 Å². The van der Waals surface area contributed by atoms with Gasteiger partial charge in [0, 0.05) is 35.1 Å². The van der Waals surface area contributed by atoms with Crippen molar-refractivity contribution in [3.8, 4) is 0 Å². The zero-order chi connectivity index (χ0) is 22.7. The van der Waals surface area contributed by atoms with Crippen LogP contribution >= 0.6 is 12.4 Å². The lowest BCUT2D eigenvalue weighted by Crippen LogP contribution is -2.31. The molecule has 33 heavy (non-hydrogen) atoms. The van der Waals surface area contributed by atoms with E-state index in [0.29, 0.717) is 29.4 Å². The van der Waals surface area contributed by atoms with Crippen LogP contribution in [0.4, 0.5) is 11.4 Å². The van der Waals surface area contributed by atoms with Gasteiger partial charge < -0.3 is 15.1 Å². The Labute approximate surface area is 201 Å². The van der Waals surface area contributed by atoms with E-state index in [1.54, 1.807) is 30.3 Å². The molecular weight excluding hydrogens is 434 g/mol. The van der Waals surface area contributed by atoms with Gasteiger partial charge >= 0.3 is 0 Å². The first-order valence-corrected chi connectivity index (χ1v) is 11.0. The SMILES string of the molecule is Cc1ccccc1C(=O)Nc1ccc(C(=O)N2CCC[C@H](N(C)C)c3ccccc32)cc1.Cl. The van der Waals surface area contributed by atoms with Crippen molar-refractivity contribution in [3.63, 3.8) is 0 Å². The highest BCUT2D eigenvalue weighted by atomic mass is 35.5. The minimum Gasteiger partial charge on any atom is -0.322 e. The number of anilines is 2. The highest BCUT2D eigenvalue weighted by Gasteiger charge is 2.27. The molecule has 0 fully saturated rings. The summed E-state index contributed by atoms with van der Waals surface area (Å²) < 4.78 is 0. The number of fused-ring (bicyclic) bond motifs is 1. The van der Waals surface area contributed by atoms with Crippen LogP contribution in [0.25, 0.3) is 0 Å². The van der Waals surface area contributed by atoms with Gasteiger partial charge in [0.25, 0.3) is 11.8 Å². The predicted molar refractivity (Wildman–Crippen MR) is 137 cm³/mol. The lowest BCUT2D eigenvalue weighted by atomic mass is 10.0. The van der Waals surface area contributed by atoms with E-state index in [2.05, 4.69) is 30.4 Å². The molecule has 1 heterocycles. The van der Waals surface area contributed by atoms with Crippen molar-refractivity contribution in [2.75, 3.05) is 30.9 Å². The fourth-order valence-electron chi connectivity index (χ4n) is 4.36. The summed E-state index contributed by atoms with van der Waals surface area (Å²) in [5.74, 6) is -0.174. The number of halogens is 1. The van der Waals surface area contributed by atoms with Gasteiger partial charge in [0.05, 0.1) is 0 Å². The Morgan fingerprint density at radius 1 is 0.939 bits per heavy atom. The van der Waals surface area contributed by atoms with Gasteiger partial charge in [0.15, 0.2) is 0 Å². The van der Waals surface area contributed by atoms with Crippen LogP contribution in [0.5, 0.6) is 0 Å². The average Bonchev–Trinajstić information content (AvgIpc) is 2.99. The number of nitrogens with zero attached hydrogens (tertiary/aromatic N) is 2. The number of rotatable bonds is 4. The third kappa shape index (κ3) is 5.27. The second-order valence-corrected chi connectivity index (χ2v) is 8.48. The maximum absolute atomic E-state index is 13.4. The molecule has 6 heteroatoms. The first-order chi connectivity index (χ1) is 15.5. The van der Waals surface area contributed by atoms with Crippen LogP contribution < -0.4 is 10.2 Å². The molecule has 0 unspecified atom stereocenters. The average molecular weight is 464 g/mol. The molecule has 0 aromatic heterocycles. The summed E-state index contributed by atoms with van der Waals surface area (Å²) in [5, 5.41) is 2.92. The predicted octanol–water partition coefficient (Wildman–Crippen LogP) is 5.71. The number of carbonyl (C=O) groups excluding carboxylic acids is 2. The molecule has 2 amide bonds. The topological polar surface area (TPSA) is 52.7 Å². The summed E-state index contributed by atoms with van der Waals surface area (Å²) in [6, 6.07) is 23.1. The maximum Gasteiger partial charge on any atom is 0.258 e. The Bertz CT molecular complexity index is 1130. The third-order valence-corrected chi connectivity index (χ3v) is 6.09. The Kier molecular flexibility index (Phi) is 7.90.